The summed E-state index contributed by atoms with van der Waals surface area (Å²) in [5.74, 6) is -0.985. The number of benzene rings is 1. The van der Waals surface area contributed by atoms with Crippen LogP contribution in [0.25, 0.3) is 0 Å². The van der Waals surface area contributed by atoms with E-state index in [1.807, 2.05) is 6.92 Å². The fraction of sp³-hybridized carbons (Fsp3) is 0.417. The third kappa shape index (κ3) is 4.65. The minimum absolute atomic E-state index is 0. The maximum absolute atomic E-state index is 10.9. The van der Waals surface area contributed by atoms with Gasteiger partial charge >= 0.3 is 57.4 Å². The molecule has 0 fully saturated rings. The summed E-state index contributed by atoms with van der Waals surface area (Å²) in [5.41, 5.74) is 0.708. The largest absolute Gasteiger partial charge is 1.00 e. The van der Waals surface area contributed by atoms with E-state index in [9.17, 15) is 9.90 Å². The van der Waals surface area contributed by atoms with Gasteiger partial charge in [-0.25, -0.2) is 4.79 Å². The molecule has 1 unspecified atom stereocenters. The van der Waals surface area contributed by atoms with Crippen LogP contribution >= 0.6 is 0 Å². The molecule has 2 N–H and O–H groups in total. The van der Waals surface area contributed by atoms with E-state index in [-0.39, 0.29) is 58.4 Å². The fourth-order valence-electron chi connectivity index (χ4n) is 1.54. The summed E-state index contributed by atoms with van der Waals surface area (Å²) >= 11 is 0. The SMILES string of the molecule is CCCCC(O)c1ccccc1C(=O)O.[H-].[K+]. The van der Waals surface area contributed by atoms with Crippen molar-refractivity contribution in [1.29, 1.82) is 0 Å². The van der Waals surface area contributed by atoms with Gasteiger partial charge in [-0.05, 0) is 18.1 Å². The van der Waals surface area contributed by atoms with Crippen LogP contribution in [-0.2, 0) is 0 Å². The van der Waals surface area contributed by atoms with Gasteiger partial charge < -0.3 is 11.6 Å². The van der Waals surface area contributed by atoms with Crippen molar-refractivity contribution in [2.24, 2.45) is 0 Å². The van der Waals surface area contributed by atoms with Crippen LogP contribution in [0.1, 0.15) is 49.6 Å². The molecule has 0 saturated carbocycles. The summed E-state index contributed by atoms with van der Waals surface area (Å²) < 4.78 is 0. The number of rotatable bonds is 5. The van der Waals surface area contributed by atoms with Crippen molar-refractivity contribution in [3.05, 3.63) is 35.4 Å². The van der Waals surface area contributed by atoms with E-state index < -0.39 is 12.1 Å². The Kier molecular flexibility index (Phi) is 8.54. The van der Waals surface area contributed by atoms with E-state index in [4.69, 9.17) is 5.11 Å². The van der Waals surface area contributed by atoms with Crippen molar-refractivity contribution < 1.29 is 67.8 Å². The van der Waals surface area contributed by atoms with Gasteiger partial charge in [-0.2, -0.15) is 0 Å². The predicted molar refractivity (Wildman–Crippen MR) is 59.0 cm³/mol. The molecule has 1 aromatic rings. The predicted octanol–water partition coefficient (Wildman–Crippen LogP) is -0.275. The van der Waals surface area contributed by atoms with E-state index in [1.165, 1.54) is 6.07 Å². The Morgan fingerprint density at radius 1 is 1.44 bits per heavy atom. The third-order valence-corrected chi connectivity index (χ3v) is 2.38. The summed E-state index contributed by atoms with van der Waals surface area (Å²) in [5, 5.41) is 18.7. The van der Waals surface area contributed by atoms with E-state index in [1.54, 1.807) is 18.2 Å². The molecule has 3 nitrogen and oxygen atoms in total. The Labute approximate surface area is 140 Å². The molecule has 0 aliphatic carbocycles. The van der Waals surface area contributed by atoms with Crippen LogP contribution in [0.4, 0.5) is 0 Å². The molecular weight excluding hydrogens is 231 g/mol. The van der Waals surface area contributed by atoms with Crippen molar-refractivity contribution in [2.45, 2.75) is 32.3 Å². The summed E-state index contributed by atoms with van der Waals surface area (Å²) in [4.78, 5) is 10.9. The molecule has 0 bridgehead atoms. The zero-order valence-corrected chi connectivity index (χ0v) is 12.9. The van der Waals surface area contributed by atoms with E-state index in [0.29, 0.717) is 12.0 Å². The molecule has 1 atom stereocenters. The second kappa shape index (κ2) is 8.39. The Hall–Kier alpha value is 0.286. The number of hydrogen-bond donors (Lipinski definition) is 2. The quantitative estimate of drug-likeness (QED) is 0.705. The first-order valence-corrected chi connectivity index (χ1v) is 5.17. The van der Waals surface area contributed by atoms with Gasteiger partial charge in [0.05, 0.1) is 11.7 Å². The van der Waals surface area contributed by atoms with Gasteiger partial charge in [0.2, 0.25) is 0 Å². The molecule has 1 aromatic carbocycles. The zero-order chi connectivity index (χ0) is 11.3. The second-order valence-corrected chi connectivity index (χ2v) is 3.55. The number of aromatic carboxylic acids is 1. The van der Waals surface area contributed by atoms with Crippen molar-refractivity contribution in [3.63, 3.8) is 0 Å². The standard InChI is InChI=1S/C12H16O3.K.H/c1-2-3-8-11(13)9-6-4-5-7-10(9)12(14)15;;/h4-7,11,13H,2-3,8H2,1H3,(H,14,15);;/q;+1;-1. The van der Waals surface area contributed by atoms with E-state index >= 15 is 0 Å². The van der Waals surface area contributed by atoms with Crippen molar-refractivity contribution in [3.8, 4) is 0 Å². The van der Waals surface area contributed by atoms with Gasteiger partial charge in [-0.3, -0.25) is 0 Å². The average molecular weight is 248 g/mol. The van der Waals surface area contributed by atoms with E-state index in [0.717, 1.165) is 12.8 Å². The van der Waals surface area contributed by atoms with Gasteiger partial charge in [-0.15, -0.1) is 0 Å². The van der Waals surface area contributed by atoms with Gasteiger partial charge in [0.15, 0.2) is 0 Å². The first kappa shape index (κ1) is 16.3. The monoisotopic (exact) mass is 248 g/mol. The molecule has 0 amide bonds. The number of carbonyl (C=O) groups is 1. The summed E-state index contributed by atoms with van der Waals surface area (Å²) in [6, 6.07) is 6.60. The maximum Gasteiger partial charge on any atom is 1.00 e. The molecule has 0 spiro atoms. The van der Waals surface area contributed by atoms with E-state index in [2.05, 4.69) is 0 Å². The van der Waals surface area contributed by atoms with Crippen LogP contribution in [-0.4, -0.2) is 16.2 Å². The Morgan fingerprint density at radius 2 is 2.06 bits per heavy atom. The molecular formula is C12H17KO3. The van der Waals surface area contributed by atoms with Gasteiger partial charge in [0.1, 0.15) is 0 Å². The van der Waals surface area contributed by atoms with Gasteiger partial charge in [0.25, 0.3) is 0 Å². The number of aliphatic hydroxyl groups is 1. The minimum atomic E-state index is -0.985. The number of hydrogen-bond acceptors (Lipinski definition) is 2. The second-order valence-electron chi connectivity index (χ2n) is 3.55. The summed E-state index contributed by atoms with van der Waals surface area (Å²) in [7, 11) is 0. The van der Waals surface area contributed by atoms with Crippen LogP contribution in [0.3, 0.4) is 0 Å². The topological polar surface area (TPSA) is 57.5 Å². The van der Waals surface area contributed by atoms with Crippen LogP contribution in [0, 0.1) is 0 Å². The Bertz CT molecular complexity index is 344. The van der Waals surface area contributed by atoms with Gasteiger partial charge in [-0.1, -0.05) is 38.0 Å². The third-order valence-electron chi connectivity index (χ3n) is 2.38. The maximum atomic E-state index is 10.9. The number of carboxylic acid groups (broad SMARTS) is 1. The molecule has 0 aromatic heterocycles. The smallest absolute Gasteiger partial charge is 1.00 e. The normalized spacial score (nSPS) is 11.6. The molecule has 0 heterocycles. The van der Waals surface area contributed by atoms with Crippen molar-refractivity contribution >= 4 is 5.97 Å². The Morgan fingerprint density at radius 3 is 2.62 bits per heavy atom. The molecule has 84 valence electrons. The van der Waals surface area contributed by atoms with Crippen LogP contribution in [0.15, 0.2) is 24.3 Å². The number of unbranched alkanes of at least 4 members (excludes halogenated alkanes) is 1. The molecule has 0 radical (unpaired) electrons. The van der Waals surface area contributed by atoms with Gasteiger partial charge in [0, 0.05) is 0 Å². The first-order valence-electron chi connectivity index (χ1n) is 5.17. The molecule has 16 heavy (non-hydrogen) atoms. The molecule has 1 rings (SSSR count). The summed E-state index contributed by atoms with van der Waals surface area (Å²) in [6.45, 7) is 2.04. The fourth-order valence-corrected chi connectivity index (χ4v) is 1.54. The molecule has 0 saturated heterocycles. The van der Waals surface area contributed by atoms with Crippen molar-refractivity contribution in [2.75, 3.05) is 0 Å². The van der Waals surface area contributed by atoms with Crippen LogP contribution in [0.2, 0.25) is 0 Å². The van der Waals surface area contributed by atoms with Crippen molar-refractivity contribution in [1.82, 2.24) is 0 Å². The van der Waals surface area contributed by atoms with Crippen LogP contribution in [0.5, 0.6) is 0 Å². The van der Waals surface area contributed by atoms with Crippen LogP contribution < -0.4 is 51.4 Å². The molecule has 0 aliphatic rings. The summed E-state index contributed by atoms with van der Waals surface area (Å²) in [6.07, 6.45) is 1.83. The molecule has 4 heteroatoms. The zero-order valence-electron chi connectivity index (χ0n) is 10.8. The minimum Gasteiger partial charge on any atom is -1.00 e. The Balaban J connectivity index is 0. The number of aliphatic hydroxyl groups excluding tert-OH is 1. The average Bonchev–Trinajstić information content (AvgIpc) is 2.25. The molecule has 0 aliphatic heterocycles. The first-order chi connectivity index (χ1) is 7.16. The number of carboxylic acids is 1.